The van der Waals surface area contributed by atoms with Crippen LogP contribution < -0.4 is 5.32 Å². The van der Waals surface area contributed by atoms with E-state index in [0.29, 0.717) is 0 Å². The second-order valence-corrected chi connectivity index (χ2v) is 7.20. The van der Waals surface area contributed by atoms with Crippen molar-refractivity contribution in [3.05, 3.63) is 131 Å². The zero-order valence-electron chi connectivity index (χ0n) is 15.3. The molecule has 0 spiro atoms. The van der Waals surface area contributed by atoms with Crippen LogP contribution in [0.3, 0.4) is 0 Å². The van der Waals surface area contributed by atoms with Crippen molar-refractivity contribution in [1.82, 2.24) is 0 Å². The van der Waals surface area contributed by atoms with Crippen LogP contribution in [0.1, 0.15) is 27.8 Å². The summed E-state index contributed by atoms with van der Waals surface area (Å²) in [6.07, 6.45) is 0. The van der Waals surface area contributed by atoms with E-state index in [2.05, 4.69) is 115 Å². The van der Waals surface area contributed by atoms with Crippen molar-refractivity contribution in [2.45, 2.75) is 12.3 Å². The highest BCUT2D eigenvalue weighted by Crippen LogP contribution is 2.53. The third kappa shape index (κ3) is 2.32. The quantitative estimate of drug-likeness (QED) is 0.388. The highest BCUT2D eigenvalue weighted by molar-refractivity contribution is 5.81. The Labute approximate surface area is 160 Å². The molecule has 0 atom stereocenters. The molecule has 0 aromatic heterocycles. The van der Waals surface area contributed by atoms with Gasteiger partial charge in [0.05, 0.1) is 5.41 Å². The van der Waals surface area contributed by atoms with Crippen LogP contribution in [0.15, 0.2) is 103 Å². The zero-order chi connectivity index (χ0) is 18.3. The van der Waals surface area contributed by atoms with E-state index in [1.54, 1.807) is 0 Å². The molecule has 0 aliphatic carbocycles. The van der Waals surface area contributed by atoms with Crippen LogP contribution in [0.2, 0.25) is 0 Å². The van der Waals surface area contributed by atoms with Crippen LogP contribution in [0, 0.1) is 6.92 Å². The molecule has 1 heterocycles. The molecule has 1 aliphatic rings. The monoisotopic (exact) mass is 347 g/mol. The van der Waals surface area contributed by atoms with Crippen molar-refractivity contribution >= 4 is 11.4 Å². The Bertz CT molecular complexity index is 1060. The minimum atomic E-state index is -0.342. The van der Waals surface area contributed by atoms with Gasteiger partial charge in [0, 0.05) is 11.4 Å². The maximum atomic E-state index is 3.66. The van der Waals surface area contributed by atoms with E-state index < -0.39 is 0 Å². The van der Waals surface area contributed by atoms with Gasteiger partial charge < -0.3 is 5.32 Å². The number of fused-ring (bicyclic) bond motifs is 2. The third-order valence-corrected chi connectivity index (χ3v) is 5.59. The van der Waals surface area contributed by atoms with Crippen LogP contribution in [0.5, 0.6) is 0 Å². The van der Waals surface area contributed by atoms with E-state index in [-0.39, 0.29) is 5.41 Å². The molecule has 1 N–H and O–H groups in total. The molecule has 0 saturated heterocycles. The van der Waals surface area contributed by atoms with Crippen molar-refractivity contribution in [2.24, 2.45) is 0 Å². The summed E-state index contributed by atoms with van der Waals surface area (Å²) in [6, 6.07) is 37.1. The lowest BCUT2D eigenvalue weighted by atomic mass is 9.62. The molecular weight excluding hydrogens is 326 g/mol. The molecule has 0 unspecified atom stereocenters. The van der Waals surface area contributed by atoms with Gasteiger partial charge in [-0.05, 0) is 41.3 Å². The van der Waals surface area contributed by atoms with Crippen LogP contribution in [0.25, 0.3) is 0 Å². The SMILES string of the molecule is Cc1ccc2c(c1)C(c1ccccc1)(c1ccccc1)c1ccccc1N2. The average Bonchev–Trinajstić information content (AvgIpc) is 2.73. The molecule has 130 valence electrons. The Morgan fingerprint density at radius 3 is 1.78 bits per heavy atom. The first-order valence-electron chi connectivity index (χ1n) is 9.39. The van der Waals surface area contributed by atoms with Crippen molar-refractivity contribution in [1.29, 1.82) is 0 Å². The number of aryl methyl sites for hydroxylation is 1. The first-order chi connectivity index (χ1) is 13.3. The normalized spacial score (nSPS) is 14.0. The van der Waals surface area contributed by atoms with E-state index in [0.717, 1.165) is 0 Å². The zero-order valence-corrected chi connectivity index (χ0v) is 15.3. The second-order valence-electron chi connectivity index (χ2n) is 7.20. The minimum Gasteiger partial charge on any atom is -0.355 e. The van der Waals surface area contributed by atoms with E-state index in [1.807, 2.05) is 0 Å². The van der Waals surface area contributed by atoms with Crippen molar-refractivity contribution < 1.29 is 0 Å². The predicted molar refractivity (Wildman–Crippen MR) is 113 cm³/mol. The largest absolute Gasteiger partial charge is 0.355 e. The van der Waals surface area contributed by atoms with Crippen LogP contribution in [-0.2, 0) is 5.41 Å². The summed E-state index contributed by atoms with van der Waals surface area (Å²) in [5, 5.41) is 3.66. The Balaban J connectivity index is 1.98. The first kappa shape index (κ1) is 15.9. The van der Waals surface area contributed by atoms with Gasteiger partial charge in [-0.15, -0.1) is 0 Å². The smallest absolute Gasteiger partial charge is 0.0742 e. The molecule has 1 nitrogen and oxygen atoms in total. The van der Waals surface area contributed by atoms with Gasteiger partial charge in [-0.25, -0.2) is 0 Å². The van der Waals surface area contributed by atoms with Gasteiger partial charge in [0.1, 0.15) is 0 Å². The fraction of sp³-hybridized carbons (Fsp3) is 0.0769. The van der Waals surface area contributed by atoms with Crippen molar-refractivity contribution in [2.75, 3.05) is 5.32 Å². The fourth-order valence-corrected chi connectivity index (χ4v) is 4.45. The topological polar surface area (TPSA) is 12.0 Å². The molecule has 1 heteroatoms. The lowest BCUT2D eigenvalue weighted by Gasteiger charge is -2.42. The number of anilines is 2. The molecule has 0 amide bonds. The summed E-state index contributed by atoms with van der Waals surface area (Å²) in [5.41, 5.74) is 8.44. The Morgan fingerprint density at radius 2 is 1.11 bits per heavy atom. The van der Waals surface area contributed by atoms with E-state index in [4.69, 9.17) is 0 Å². The molecule has 0 saturated carbocycles. The summed E-state index contributed by atoms with van der Waals surface area (Å²) in [4.78, 5) is 0. The number of para-hydroxylation sites is 1. The third-order valence-electron chi connectivity index (χ3n) is 5.59. The maximum absolute atomic E-state index is 3.66. The second kappa shape index (κ2) is 6.14. The predicted octanol–water partition coefficient (Wildman–Crippen LogP) is 6.43. The summed E-state index contributed by atoms with van der Waals surface area (Å²) in [7, 11) is 0. The van der Waals surface area contributed by atoms with Gasteiger partial charge in [-0.3, -0.25) is 0 Å². The number of hydrogen-bond acceptors (Lipinski definition) is 1. The molecule has 4 aromatic carbocycles. The summed E-state index contributed by atoms with van der Waals surface area (Å²) in [5.74, 6) is 0. The van der Waals surface area contributed by atoms with Crippen molar-refractivity contribution in [3.8, 4) is 0 Å². The van der Waals surface area contributed by atoms with Crippen LogP contribution in [-0.4, -0.2) is 0 Å². The highest BCUT2D eigenvalue weighted by atomic mass is 14.9. The lowest BCUT2D eigenvalue weighted by molar-refractivity contribution is 0.739. The fourth-order valence-electron chi connectivity index (χ4n) is 4.45. The first-order valence-corrected chi connectivity index (χ1v) is 9.39. The van der Waals surface area contributed by atoms with Crippen LogP contribution >= 0.6 is 0 Å². The summed E-state index contributed by atoms with van der Waals surface area (Å²) >= 11 is 0. The van der Waals surface area contributed by atoms with Crippen molar-refractivity contribution in [3.63, 3.8) is 0 Å². The average molecular weight is 347 g/mol. The van der Waals surface area contributed by atoms with Crippen LogP contribution in [0.4, 0.5) is 11.4 Å². The lowest BCUT2D eigenvalue weighted by Crippen LogP contribution is -2.35. The summed E-state index contributed by atoms with van der Waals surface area (Å²) in [6.45, 7) is 2.17. The van der Waals surface area contributed by atoms with Gasteiger partial charge >= 0.3 is 0 Å². The molecular formula is C26H21N. The molecule has 27 heavy (non-hydrogen) atoms. The Hall–Kier alpha value is -3.32. The Morgan fingerprint density at radius 1 is 0.556 bits per heavy atom. The van der Waals surface area contributed by atoms with E-state index >= 15 is 0 Å². The summed E-state index contributed by atoms with van der Waals surface area (Å²) < 4.78 is 0. The van der Waals surface area contributed by atoms with Gasteiger partial charge in [-0.1, -0.05) is 96.6 Å². The number of nitrogens with one attached hydrogen (secondary N) is 1. The van der Waals surface area contributed by atoms with E-state index in [9.17, 15) is 0 Å². The molecule has 5 rings (SSSR count). The molecule has 0 bridgehead atoms. The molecule has 1 aliphatic heterocycles. The van der Waals surface area contributed by atoms with Gasteiger partial charge in [0.25, 0.3) is 0 Å². The molecule has 0 fully saturated rings. The Kier molecular flexibility index (Phi) is 3.61. The minimum absolute atomic E-state index is 0.342. The molecule has 0 radical (unpaired) electrons. The van der Waals surface area contributed by atoms with Gasteiger partial charge in [-0.2, -0.15) is 0 Å². The van der Waals surface area contributed by atoms with Gasteiger partial charge in [0.15, 0.2) is 0 Å². The maximum Gasteiger partial charge on any atom is 0.0742 e. The number of hydrogen-bond donors (Lipinski definition) is 1. The highest BCUT2D eigenvalue weighted by Gasteiger charge is 2.43. The van der Waals surface area contributed by atoms with E-state index in [1.165, 1.54) is 39.2 Å². The number of rotatable bonds is 2. The molecule has 4 aromatic rings. The van der Waals surface area contributed by atoms with Gasteiger partial charge in [0.2, 0.25) is 0 Å². The standard InChI is InChI=1S/C26H21N/c1-19-16-17-25-23(18-19)26(20-10-4-2-5-11-20,21-12-6-3-7-13-21)22-14-8-9-15-24(22)27-25/h2-18,27H,1H3. The number of benzene rings is 4.